The standard InChI is InChI=1S/C19H25NO/c1-3-5-7-10-16-11-8-14-19(20-16)15-9-13-18(21)17(19)12-6-4-2/h1-2,5-7,12,16-18,20-21H,8-11,13-15H2/b7-5-,12-6-/t16-,17?,18?,19?/m1/s1. The highest BCUT2D eigenvalue weighted by Crippen LogP contribution is 2.41. The summed E-state index contributed by atoms with van der Waals surface area (Å²) >= 11 is 0. The highest BCUT2D eigenvalue weighted by molar-refractivity contribution is 5.18. The van der Waals surface area contributed by atoms with Crippen LogP contribution in [0.2, 0.25) is 0 Å². The molecule has 1 heterocycles. The van der Waals surface area contributed by atoms with E-state index < -0.39 is 0 Å². The summed E-state index contributed by atoms with van der Waals surface area (Å²) in [5, 5.41) is 14.2. The highest BCUT2D eigenvalue weighted by Gasteiger charge is 2.45. The first-order valence-corrected chi connectivity index (χ1v) is 7.91. The van der Waals surface area contributed by atoms with E-state index in [9.17, 15) is 5.11 Å². The molecule has 1 aliphatic heterocycles. The largest absolute Gasteiger partial charge is 0.392 e. The summed E-state index contributed by atoms with van der Waals surface area (Å²) in [6.07, 6.45) is 25.4. The van der Waals surface area contributed by atoms with Crippen molar-refractivity contribution in [1.82, 2.24) is 5.32 Å². The molecule has 1 saturated heterocycles. The lowest BCUT2D eigenvalue weighted by Gasteiger charge is -2.51. The molecular weight excluding hydrogens is 258 g/mol. The van der Waals surface area contributed by atoms with Gasteiger partial charge in [-0.1, -0.05) is 30.4 Å². The SMILES string of the molecule is C#C/C=C\C[C@@H]1CCCC2(CCCC(O)C2/C=C\C#C)N1. The molecule has 0 amide bonds. The van der Waals surface area contributed by atoms with Gasteiger partial charge in [0.15, 0.2) is 0 Å². The van der Waals surface area contributed by atoms with Gasteiger partial charge in [0, 0.05) is 17.5 Å². The Morgan fingerprint density at radius 1 is 1.14 bits per heavy atom. The summed E-state index contributed by atoms with van der Waals surface area (Å²) < 4.78 is 0. The van der Waals surface area contributed by atoms with Gasteiger partial charge in [0.2, 0.25) is 0 Å². The number of piperidine rings is 1. The van der Waals surface area contributed by atoms with Crippen molar-refractivity contribution in [2.45, 2.75) is 62.6 Å². The Labute approximate surface area is 128 Å². The van der Waals surface area contributed by atoms with Gasteiger partial charge < -0.3 is 10.4 Å². The maximum atomic E-state index is 10.4. The molecule has 2 heteroatoms. The van der Waals surface area contributed by atoms with Crippen LogP contribution >= 0.6 is 0 Å². The predicted molar refractivity (Wildman–Crippen MR) is 87.4 cm³/mol. The van der Waals surface area contributed by atoms with Crippen LogP contribution in [0.1, 0.15) is 44.9 Å². The summed E-state index contributed by atoms with van der Waals surface area (Å²) in [5.41, 5.74) is -0.00207. The van der Waals surface area contributed by atoms with Gasteiger partial charge in [-0.2, -0.15) is 0 Å². The van der Waals surface area contributed by atoms with Crippen molar-refractivity contribution in [3.63, 3.8) is 0 Å². The van der Waals surface area contributed by atoms with E-state index in [1.54, 1.807) is 12.2 Å². The molecule has 0 bridgehead atoms. The third kappa shape index (κ3) is 3.79. The minimum absolute atomic E-state index is 0.00207. The molecule has 0 aromatic heterocycles. The fourth-order valence-electron chi connectivity index (χ4n) is 3.96. The molecule has 2 N–H and O–H groups in total. The van der Waals surface area contributed by atoms with Crippen molar-refractivity contribution in [1.29, 1.82) is 0 Å². The molecular formula is C19H25NO. The summed E-state index contributed by atoms with van der Waals surface area (Å²) in [6.45, 7) is 0. The third-order valence-electron chi connectivity index (χ3n) is 4.88. The van der Waals surface area contributed by atoms with E-state index in [-0.39, 0.29) is 17.6 Å². The van der Waals surface area contributed by atoms with Crippen LogP contribution in [-0.2, 0) is 0 Å². The van der Waals surface area contributed by atoms with E-state index in [0.29, 0.717) is 6.04 Å². The molecule has 0 aromatic carbocycles. The average Bonchev–Trinajstić information content (AvgIpc) is 2.47. The predicted octanol–water partition coefficient (Wildman–Crippen LogP) is 2.80. The minimum atomic E-state index is -0.296. The zero-order valence-electron chi connectivity index (χ0n) is 12.6. The van der Waals surface area contributed by atoms with Crippen molar-refractivity contribution in [3.05, 3.63) is 24.3 Å². The number of hydrogen-bond acceptors (Lipinski definition) is 2. The monoisotopic (exact) mass is 283 g/mol. The Balaban J connectivity index is 2.13. The molecule has 3 unspecified atom stereocenters. The molecule has 1 saturated carbocycles. The van der Waals surface area contributed by atoms with Gasteiger partial charge >= 0.3 is 0 Å². The van der Waals surface area contributed by atoms with Crippen LogP contribution in [-0.4, -0.2) is 22.8 Å². The molecule has 21 heavy (non-hydrogen) atoms. The quantitative estimate of drug-likeness (QED) is 0.781. The summed E-state index contributed by atoms with van der Waals surface area (Å²) in [6, 6.07) is 0.440. The van der Waals surface area contributed by atoms with Gasteiger partial charge in [-0.05, 0) is 50.7 Å². The van der Waals surface area contributed by atoms with Crippen molar-refractivity contribution < 1.29 is 5.11 Å². The van der Waals surface area contributed by atoms with Crippen LogP contribution in [0.15, 0.2) is 24.3 Å². The van der Waals surface area contributed by atoms with Crippen molar-refractivity contribution in [2.75, 3.05) is 0 Å². The third-order valence-corrected chi connectivity index (χ3v) is 4.88. The molecule has 1 spiro atoms. The van der Waals surface area contributed by atoms with Gasteiger partial charge in [-0.25, -0.2) is 0 Å². The molecule has 4 atom stereocenters. The molecule has 0 radical (unpaired) electrons. The van der Waals surface area contributed by atoms with Gasteiger partial charge in [0.1, 0.15) is 0 Å². The van der Waals surface area contributed by atoms with Gasteiger partial charge in [0.05, 0.1) is 6.10 Å². The Morgan fingerprint density at radius 3 is 2.57 bits per heavy atom. The number of hydrogen-bond donors (Lipinski definition) is 2. The molecule has 2 nitrogen and oxygen atoms in total. The lowest BCUT2D eigenvalue weighted by atomic mass is 9.66. The lowest BCUT2D eigenvalue weighted by Crippen LogP contribution is -2.61. The Kier molecular flexibility index (Phi) is 5.68. The summed E-state index contributed by atoms with van der Waals surface area (Å²) in [5.74, 6) is 5.21. The maximum absolute atomic E-state index is 10.4. The Morgan fingerprint density at radius 2 is 1.86 bits per heavy atom. The molecule has 2 aliphatic rings. The first-order valence-electron chi connectivity index (χ1n) is 7.91. The second kappa shape index (κ2) is 7.51. The van der Waals surface area contributed by atoms with E-state index in [1.807, 2.05) is 6.08 Å². The zero-order valence-corrected chi connectivity index (χ0v) is 12.6. The second-order valence-corrected chi connectivity index (χ2v) is 6.21. The van der Waals surface area contributed by atoms with Crippen LogP contribution in [0.25, 0.3) is 0 Å². The Hall–Kier alpha value is -1.48. The number of aliphatic hydroxyl groups is 1. The van der Waals surface area contributed by atoms with Crippen LogP contribution < -0.4 is 5.32 Å². The number of nitrogens with one attached hydrogen (secondary N) is 1. The van der Waals surface area contributed by atoms with E-state index in [0.717, 1.165) is 32.1 Å². The molecule has 112 valence electrons. The van der Waals surface area contributed by atoms with E-state index >= 15 is 0 Å². The average molecular weight is 283 g/mol. The van der Waals surface area contributed by atoms with Gasteiger partial charge in [0.25, 0.3) is 0 Å². The fraction of sp³-hybridized carbons (Fsp3) is 0.579. The van der Waals surface area contributed by atoms with E-state index in [2.05, 4.69) is 23.2 Å². The van der Waals surface area contributed by atoms with Crippen LogP contribution in [0.3, 0.4) is 0 Å². The lowest BCUT2D eigenvalue weighted by molar-refractivity contribution is 0.00394. The zero-order chi connectivity index (χ0) is 15.1. The fourth-order valence-corrected chi connectivity index (χ4v) is 3.96. The molecule has 2 rings (SSSR count). The van der Waals surface area contributed by atoms with Crippen LogP contribution in [0.5, 0.6) is 0 Å². The van der Waals surface area contributed by atoms with Crippen molar-refractivity contribution in [3.8, 4) is 24.7 Å². The minimum Gasteiger partial charge on any atom is -0.392 e. The number of rotatable bonds is 3. The molecule has 2 fully saturated rings. The van der Waals surface area contributed by atoms with Crippen LogP contribution in [0.4, 0.5) is 0 Å². The number of aliphatic hydroxyl groups excluding tert-OH is 1. The maximum Gasteiger partial charge on any atom is 0.0620 e. The van der Waals surface area contributed by atoms with Gasteiger partial charge in [-0.15, -0.1) is 12.8 Å². The van der Waals surface area contributed by atoms with Crippen molar-refractivity contribution in [2.24, 2.45) is 5.92 Å². The normalized spacial score (nSPS) is 36.8. The second-order valence-electron chi connectivity index (χ2n) is 6.21. The number of terminal acetylenes is 2. The number of allylic oxidation sites excluding steroid dienone is 2. The molecule has 1 aliphatic carbocycles. The highest BCUT2D eigenvalue weighted by atomic mass is 16.3. The smallest absolute Gasteiger partial charge is 0.0620 e. The van der Waals surface area contributed by atoms with E-state index in [1.165, 1.54) is 12.8 Å². The Bertz CT molecular complexity index is 475. The summed E-state index contributed by atoms with van der Waals surface area (Å²) in [7, 11) is 0. The molecule has 0 aromatic rings. The van der Waals surface area contributed by atoms with E-state index in [4.69, 9.17) is 12.8 Å². The summed E-state index contributed by atoms with van der Waals surface area (Å²) in [4.78, 5) is 0. The first-order chi connectivity index (χ1) is 10.2. The first kappa shape index (κ1) is 15.9. The topological polar surface area (TPSA) is 32.3 Å². The van der Waals surface area contributed by atoms with Crippen molar-refractivity contribution >= 4 is 0 Å². The van der Waals surface area contributed by atoms with Crippen LogP contribution in [0, 0.1) is 30.6 Å². The van der Waals surface area contributed by atoms with Gasteiger partial charge in [-0.3, -0.25) is 0 Å².